The average molecular weight is 404 g/mol. The number of para-hydroxylation sites is 1. The van der Waals surface area contributed by atoms with E-state index in [-0.39, 0.29) is 0 Å². The summed E-state index contributed by atoms with van der Waals surface area (Å²) in [6.45, 7) is 0.514. The number of rotatable bonds is 2. The van der Waals surface area contributed by atoms with Crippen molar-refractivity contribution in [3.63, 3.8) is 0 Å². The highest BCUT2D eigenvalue weighted by molar-refractivity contribution is 9.10. The summed E-state index contributed by atoms with van der Waals surface area (Å²) in [6, 6.07) is 8.96. The van der Waals surface area contributed by atoms with Crippen LogP contribution in [0.2, 0.25) is 10.0 Å². The van der Waals surface area contributed by atoms with E-state index in [1.807, 2.05) is 12.1 Å². The number of anilines is 2. The Bertz CT molecular complexity index is 707. The van der Waals surface area contributed by atoms with Gasteiger partial charge in [-0.3, -0.25) is 10.2 Å². The standard InChI is InChI=1S/C15H13BrCl2N2O2/c1-22-8-5-10(16)9-7-19-15(21)20(13(9)6-8)14-11(17)3-2-4-12(14)18/h2-6,15,19,21H,7H2,1H3. The van der Waals surface area contributed by atoms with Gasteiger partial charge >= 0.3 is 0 Å². The third-order valence-corrected chi connectivity index (χ3v) is 4.84. The fraction of sp³-hybridized carbons (Fsp3) is 0.200. The number of fused-ring (bicyclic) bond motifs is 1. The smallest absolute Gasteiger partial charge is 0.188 e. The van der Waals surface area contributed by atoms with Gasteiger partial charge in [-0.05, 0) is 18.2 Å². The zero-order valence-electron chi connectivity index (χ0n) is 11.6. The van der Waals surface area contributed by atoms with Gasteiger partial charge in [0.2, 0.25) is 0 Å². The van der Waals surface area contributed by atoms with E-state index in [4.69, 9.17) is 27.9 Å². The molecule has 0 radical (unpaired) electrons. The van der Waals surface area contributed by atoms with E-state index in [0.29, 0.717) is 28.0 Å². The fourth-order valence-electron chi connectivity index (χ4n) is 2.48. The van der Waals surface area contributed by atoms with Crippen LogP contribution in [0.3, 0.4) is 0 Å². The summed E-state index contributed by atoms with van der Waals surface area (Å²) in [4.78, 5) is 1.66. The first-order chi connectivity index (χ1) is 10.5. The molecule has 4 nitrogen and oxygen atoms in total. The topological polar surface area (TPSA) is 44.7 Å². The number of benzene rings is 2. The fourth-order valence-corrected chi connectivity index (χ4v) is 3.63. The number of nitrogens with zero attached hydrogens (tertiary/aromatic N) is 1. The van der Waals surface area contributed by atoms with Crippen molar-refractivity contribution in [3.8, 4) is 5.75 Å². The quantitative estimate of drug-likeness (QED) is 0.785. The van der Waals surface area contributed by atoms with E-state index >= 15 is 0 Å². The zero-order chi connectivity index (χ0) is 15.9. The first kappa shape index (κ1) is 15.9. The summed E-state index contributed by atoms with van der Waals surface area (Å²) in [5.41, 5.74) is 2.32. The lowest BCUT2D eigenvalue weighted by molar-refractivity contribution is 0.135. The molecule has 0 saturated heterocycles. The van der Waals surface area contributed by atoms with Crippen LogP contribution in [0, 0.1) is 0 Å². The number of aliphatic hydroxyl groups is 1. The molecule has 0 bridgehead atoms. The SMILES string of the molecule is COc1cc(Br)c2c(c1)N(c1c(Cl)cccc1Cl)C(O)NC2. The van der Waals surface area contributed by atoms with E-state index in [1.165, 1.54) is 0 Å². The van der Waals surface area contributed by atoms with Crippen molar-refractivity contribution >= 4 is 50.5 Å². The average Bonchev–Trinajstić information content (AvgIpc) is 2.48. The Hall–Kier alpha value is -0.980. The molecule has 1 heterocycles. The molecule has 2 N–H and O–H groups in total. The lowest BCUT2D eigenvalue weighted by Crippen LogP contribution is -2.47. The van der Waals surface area contributed by atoms with Gasteiger partial charge in [0.25, 0.3) is 0 Å². The number of aliphatic hydroxyl groups excluding tert-OH is 1. The van der Waals surface area contributed by atoms with Crippen molar-refractivity contribution in [2.75, 3.05) is 12.0 Å². The van der Waals surface area contributed by atoms with E-state index in [0.717, 1.165) is 15.7 Å². The second-order valence-electron chi connectivity index (χ2n) is 4.80. The van der Waals surface area contributed by atoms with Crippen LogP contribution in [0.1, 0.15) is 5.56 Å². The predicted molar refractivity (Wildman–Crippen MR) is 92.1 cm³/mol. The first-order valence-corrected chi connectivity index (χ1v) is 8.09. The number of halogens is 3. The molecule has 7 heteroatoms. The Labute approximate surface area is 146 Å². The van der Waals surface area contributed by atoms with Gasteiger partial charge in [-0.25, -0.2) is 0 Å². The minimum absolute atomic E-state index is 0.458. The first-order valence-electron chi connectivity index (χ1n) is 6.54. The highest BCUT2D eigenvalue weighted by atomic mass is 79.9. The molecule has 0 aliphatic carbocycles. The van der Waals surface area contributed by atoms with Gasteiger partial charge in [0, 0.05) is 22.6 Å². The Morgan fingerprint density at radius 3 is 2.64 bits per heavy atom. The van der Waals surface area contributed by atoms with Crippen LogP contribution in [0.4, 0.5) is 11.4 Å². The second kappa shape index (κ2) is 6.26. The molecule has 0 spiro atoms. The van der Waals surface area contributed by atoms with Crippen LogP contribution in [0.25, 0.3) is 0 Å². The molecule has 1 unspecified atom stereocenters. The molecule has 3 rings (SSSR count). The molecule has 0 amide bonds. The number of hydrogen-bond donors (Lipinski definition) is 2. The van der Waals surface area contributed by atoms with Crippen molar-refractivity contribution in [2.45, 2.75) is 12.9 Å². The summed E-state index contributed by atoms with van der Waals surface area (Å²) in [6.07, 6.45) is -0.941. The molecule has 1 atom stereocenters. The van der Waals surface area contributed by atoms with Crippen molar-refractivity contribution in [3.05, 3.63) is 50.4 Å². The van der Waals surface area contributed by atoms with Gasteiger partial charge in [0.15, 0.2) is 6.35 Å². The van der Waals surface area contributed by atoms with Crippen molar-refractivity contribution in [1.82, 2.24) is 5.32 Å². The van der Waals surface area contributed by atoms with Gasteiger partial charge in [0.05, 0.1) is 28.5 Å². The number of hydrogen-bond acceptors (Lipinski definition) is 4. The Kier molecular flexibility index (Phi) is 4.52. The molecule has 0 aromatic heterocycles. The van der Waals surface area contributed by atoms with Crippen LogP contribution in [0.15, 0.2) is 34.8 Å². The van der Waals surface area contributed by atoms with Gasteiger partial charge in [0.1, 0.15) is 5.75 Å². The maximum Gasteiger partial charge on any atom is 0.188 e. The molecule has 0 saturated carbocycles. The third-order valence-electron chi connectivity index (χ3n) is 3.53. The van der Waals surface area contributed by atoms with Gasteiger partial charge in [-0.15, -0.1) is 0 Å². The molecular formula is C15H13BrCl2N2O2. The summed E-state index contributed by atoms with van der Waals surface area (Å²) >= 11 is 16.1. The van der Waals surface area contributed by atoms with Crippen molar-refractivity contribution in [1.29, 1.82) is 0 Å². The van der Waals surface area contributed by atoms with Gasteiger partial charge in [-0.2, -0.15) is 0 Å². The number of nitrogens with one attached hydrogen (secondary N) is 1. The lowest BCUT2D eigenvalue weighted by atomic mass is 10.1. The molecule has 2 aromatic carbocycles. The molecular weight excluding hydrogens is 391 g/mol. The lowest BCUT2D eigenvalue weighted by Gasteiger charge is -2.37. The van der Waals surface area contributed by atoms with Crippen LogP contribution in [0.5, 0.6) is 5.75 Å². The van der Waals surface area contributed by atoms with Crippen LogP contribution in [-0.4, -0.2) is 18.6 Å². The normalized spacial score (nSPS) is 17.3. The Balaban J connectivity index is 2.24. The maximum absolute atomic E-state index is 10.4. The molecule has 0 fully saturated rings. The summed E-state index contributed by atoms with van der Waals surface area (Å²) in [5.74, 6) is 0.674. The highest BCUT2D eigenvalue weighted by Gasteiger charge is 2.30. The summed E-state index contributed by atoms with van der Waals surface area (Å²) < 4.78 is 6.20. The predicted octanol–water partition coefficient (Wildman–Crippen LogP) is 4.28. The second-order valence-corrected chi connectivity index (χ2v) is 6.47. The molecule has 2 aromatic rings. The Morgan fingerprint density at radius 2 is 2.00 bits per heavy atom. The van der Waals surface area contributed by atoms with E-state index in [1.54, 1.807) is 30.2 Å². The van der Waals surface area contributed by atoms with Gasteiger partial charge in [-0.1, -0.05) is 45.2 Å². The van der Waals surface area contributed by atoms with Crippen LogP contribution >= 0.6 is 39.1 Å². The minimum Gasteiger partial charge on any atom is -0.497 e. The summed E-state index contributed by atoms with van der Waals surface area (Å²) in [7, 11) is 1.60. The largest absolute Gasteiger partial charge is 0.497 e. The number of ether oxygens (including phenoxy) is 1. The number of methoxy groups -OCH3 is 1. The van der Waals surface area contributed by atoms with E-state index in [9.17, 15) is 5.11 Å². The molecule has 1 aliphatic rings. The summed E-state index contributed by atoms with van der Waals surface area (Å²) in [5, 5.41) is 14.3. The zero-order valence-corrected chi connectivity index (χ0v) is 14.7. The van der Waals surface area contributed by atoms with E-state index < -0.39 is 6.35 Å². The van der Waals surface area contributed by atoms with Crippen LogP contribution < -0.4 is 15.0 Å². The monoisotopic (exact) mass is 402 g/mol. The maximum atomic E-state index is 10.4. The minimum atomic E-state index is -0.941. The van der Waals surface area contributed by atoms with Crippen molar-refractivity contribution < 1.29 is 9.84 Å². The van der Waals surface area contributed by atoms with Crippen molar-refractivity contribution in [2.24, 2.45) is 0 Å². The Morgan fingerprint density at radius 1 is 1.32 bits per heavy atom. The van der Waals surface area contributed by atoms with Gasteiger partial charge < -0.3 is 9.84 Å². The van der Waals surface area contributed by atoms with Crippen LogP contribution in [-0.2, 0) is 6.54 Å². The third kappa shape index (κ3) is 2.68. The molecule has 1 aliphatic heterocycles. The highest BCUT2D eigenvalue weighted by Crippen LogP contribution is 2.44. The molecule has 22 heavy (non-hydrogen) atoms. The van der Waals surface area contributed by atoms with E-state index in [2.05, 4.69) is 21.2 Å². The molecule has 116 valence electrons.